The summed E-state index contributed by atoms with van der Waals surface area (Å²) < 4.78 is 0. The van der Waals surface area contributed by atoms with Gasteiger partial charge in [0.2, 0.25) is 5.82 Å². The Bertz CT molecular complexity index is 464. The molecule has 0 saturated heterocycles. The van der Waals surface area contributed by atoms with Crippen LogP contribution in [0.5, 0.6) is 0 Å². The minimum atomic E-state index is -0.966. The van der Waals surface area contributed by atoms with Crippen molar-refractivity contribution in [1.82, 2.24) is 4.98 Å². The van der Waals surface area contributed by atoms with E-state index in [1.165, 1.54) is 12.1 Å². The number of rotatable bonds is 6. The summed E-state index contributed by atoms with van der Waals surface area (Å²) in [6.07, 6.45) is 0.578. The van der Waals surface area contributed by atoms with Gasteiger partial charge in [-0.25, -0.2) is 4.98 Å². The number of anilines is 1. The Hall–Kier alpha value is -1.40. The molecule has 1 aromatic heterocycles. The van der Waals surface area contributed by atoms with Crippen LogP contribution in [0.2, 0.25) is 5.15 Å². The van der Waals surface area contributed by atoms with E-state index in [4.69, 9.17) is 11.6 Å². The van der Waals surface area contributed by atoms with Crippen LogP contribution in [0.25, 0.3) is 0 Å². The maximum Gasteiger partial charge on any atom is 0.311 e. The standard InChI is InChI=1S/C12H18ClN3O3/c1-8(2)6-12(3,17)7-14-11-9(16(18)19)4-5-10(13)15-11/h4-5,8,17H,6-7H2,1-3H3,(H,14,15). The lowest BCUT2D eigenvalue weighted by Gasteiger charge is -2.25. The second-order valence-corrected chi connectivity index (χ2v) is 5.59. The molecule has 0 fully saturated rings. The van der Waals surface area contributed by atoms with Crippen molar-refractivity contribution >= 4 is 23.1 Å². The highest BCUT2D eigenvalue weighted by molar-refractivity contribution is 6.29. The predicted molar refractivity (Wildman–Crippen MR) is 74.5 cm³/mol. The topological polar surface area (TPSA) is 88.3 Å². The highest BCUT2D eigenvalue weighted by Gasteiger charge is 2.24. The first-order valence-corrected chi connectivity index (χ1v) is 6.36. The SMILES string of the molecule is CC(C)CC(C)(O)CNc1nc(Cl)ccc1[N+](=O)[O-]. The molecule has 0 bridgehead atoms. The maximum absolute atomic E-state index is 10.9. The largest absolute Gasteiger partial charge is 0.388 e. The monoisotopic (exact) mass is 287 g/mol. The van der Waals surface area contributed by atoms with E-state index in [1.54, 1.807) is 6.92 Å². The zero-order chi connectivity index (χ0) is 14.6. The zero-order valence-electron chi connectivity index (χ0n) is 11.2. The van der Waals surface area contributed by atoms with Gasteiger partial charge in [0, 0.05) is 12.6 Å². The van der Waals surface area contributed by atoms with Crippen LogP contribution < -0.4 is 5.32 Å². The molecule has 0 aliphatic heterocycles. The van der Waals surface area contributed by atoms with Gasteiger partial charge in [0.05, 0.1) is 10.5 Å². The first kappa shape index (κ1) is 15.7. The van der Waals surface area contributed by atoms with E-state index in [-0.39, 0.29) is 23.2 Å². The molecule has 0 radical (unpaired) electrons. The average molecular weight is 288 g/mol. The van der Waals surface area contributed by atoms with Crippen LogP contribution in [-0.2, 0) is 0 Å². The molecule has 2 N–H and O–H groups in total. The molecule has 0 spiro atoms. The number of nitro groups is 1. The summed E-state index contributed by atoms with van der Waals surface area (Å²) >= 11 is 5.72. The molecule has 1 rings (SSSR count). The molecule has 0 aliphatic carbocycles. The fraction of sp³-hybridized carbons (Fsp3) is 0.583. The van der Waals surface area contributed by atoms with E-state index >= 15 is 0 Å². The molecule has 0 saturated carbocycles. The Labute approximate surface area is 117 Å². The van der Waals surface area contributed by atoms with E-state index in [1.807, 2.05) is 13.8 Å². The highest BCUT2D eigenvalue weighted by atomic mass is 35.5. The highest BCUT2D eigenvalue weighted by Crippen LogP contribution is 2.25. The van der Waals surface area contributed by atoms with Gasteiger partial charge in [-0.2, -0.15) is 0 Å². The smallest absolute Gasteiger partial charge is 0.311 e. The van der Waals surface area contributed by atoms with Gasteiger partial charge in [-0.05, 0) is 25.3 Å². The summed E-state index contributed by atoms with van der Waals surface area (Å²) in [4.78, 5) is 14.2. The van der Waals surface area contributed by atoms with Crippen molar-refractivity contribution in [2.45, 2.75) is 32.8 Å². The molecule has 1 aromatic rings. The van der Waals surface area contributed by atoms with Crippen LogP contribution in [0.1, 0.15) is 27.2 Å². The Balaban J connectivity index is 2.82. The number of aromatic nitrogens is 1. The second-order valence-electron chi connectivity index (χ2n) is 5.21. The minimum absolute atomic E-state index is 0.0709. The van der Waals surface area contributed by atoms with Crippen LogP contribution in [0.4, 0.5) is 11.5 Å². The lowest BCUT2D eigenvalue weighted by atomic mass is 9.94. The fourth-order valence-corrected chi connectivity index (χ4v) is 2.08. The molecular formula is C12H18ClN3O3. The molecule has 1 unspecified atom stereocenters. The number of pyridine rings is 1. The lowest BCUT2D eigenvalue weighted by Crippen LogP contribution is -2.35. The lowest BCUT2D eigenvalue weighted by molar-refractivity contribution is -0.384. The number of aliphatic hydroxyl groups is 1. The number of nitrogens with zero attached hydrogens (tertiary/aromatic N) is 2. The van der Waals surface area contributed by atoms with Gasteiger partial charge in [0.25, 0.3) is 0 Å². The molecule has 0 amide bonds. The van der Waals surface area contributed by atoms with E-state index in [2.05, 4.69) is 10.3 Å². The van der Waals surface area contributed by atoms with Crippen LogP contribution in [0.15, 0.2) is 12.1 Å². The number of halogens is 1. The first-order valence-electron chi connectivity index (χ1n) is 5.98. The number of hydrogen-bond donors (Lipinski definition) is 2. The molecule has 106 valence electrons. The van der Waals surface area contributed by atoms with Gasteiger partial charge >= 0.3 is 5.69 Å². The summed E-state index contributed by atoms with van der Waals surface area (Å²) in [7, 11) is 0. The molecule has 0 aromatic carbocycles. The van der Waals surface area contributed by atoms with Crippen LogP contribution >= 0.6 is 11.6 Å². The van der Waals surface area contributed by atoms with E-state index in [0.717, 1.165) is 0 Å². The van der Waals surface area contributed by atoms with Crippen molar-refractivity contribution in [3.63, 3.8) is 0 Å². The summed E-state index contributed by atoms with van der Waals surface area (Å²) in [5, 5.41) is 24.0. The second kappa shape index (κ2) is 6.16. The third-order valence-corrected chi connectivity index (χ3v) is 2.73. The minimum Gasteiger partial charge on any atom is -0.388 e. The predicted octanol–water partition coefficient (Wildman–Crippen LogP) is 2.85. The van der Waals surface area contributed by atoms with E-state index in [9.17, 15) is 15.2 Å². The molecule has 0 aliphatic rings. The Morgan fingerprint density at radius 1 is 1.58 bits per heavy atom. The average Bonchev–Trinajstić information content (AvgIpc) is 2.24. The molecule has 6 nitrogen and oxygen atoms in total. The number of hydrogen-bond acceptors (Lipinski definition) is 5. The van der Waals surface area contributed by atoms with Gasteiger partial charge in [0.1, 0.15) is 5.15 Å². The Morgan fingerprint density at radius 2 is 2.21 bits per heavy atom. The Kier molecular flexibility index (Phi) is 5.08. The molecule has 1 atom stereocenters. The van der Waals surface area contributed by atoms with Crippen molar-refractivity contribution in [2.75, 3.05) is 11.9 Å². The van der Waals surface area contributed by atoms with Crippen molar-refractivity contribution in [3.8, 4) is 0 Å². The van der Waals surface area contributed by atoms with Crippen LogP contribution in [0, 0.1) is 16.0 Å². The summed E-state index contributed by atoms with van der Waals surface area (Å²) in [5.74, 6) is 0.389. The molecule has 7 heteroatoms. The quantitative estimate of drug-likeness (QED) is 0.477. The zero-order valence-corrected chi connectivity index (χ0v) is 11.9. The Morgan fingerprint density at radius 3 is 2.74 bits per heavy atom. The van der Waals surface area contributed by atoms with Crippen molar-refractivity contribution < 1.29 is 10.0 Å². The van der Waals surface area contributed by atoms with Crippen molar-refractivity contribution in [3.05, 3.63) is 27.4 Å². The van der Waals surface area contributed by atoms with Gasteiger partial charge in [-0.3, -0.25) is 10.1 Å². The summed E-state index contributed by atoms with van der Waals surface area (Å²) in [6, 6.07) is 2.64. The number of nitrogens with one attached hydrogen (secondary N) is 1. The van der Waals surface area contributed by atoms with Gasteiger partial charge < -0.3 is 10.4 Å². The maximum atomic E-state index is 10.9. The van der Waals surface area contributed by atoms with Crippen molar-refractivity contribution in [2.24, 2.45) is 5.92 Å². The third kappa shape index (κ3) is 5.00. The van der Waals surface area contributed by atoms with Gasteiger partial charge in [-0.1, -0.05) is 25.4 Å². The molecule has 19 heavy (non-hydrogen) atoms. The summed E-state index contributed by atoms with van der Waals surface area (Å²) in [6.45, 7) is 5.83. The third-order valence-electron chi connectivity index (χ3n) is 2.52. The van der Waals surface area contributed by atoms with Gasteiger partial charge in [-0.15, -0.1) is 0 Å². The van der Waals surface area contributed by atoms with Crippen LogP contribution in [0.3, 0.4) is 0 Å². The molecular weight excluding hydrogens is 270 g/mol. The first-order chi connectivity index (χ1) is 8.71. The van der Waals surface area contributed by atoms with E-state index in [0.29, 0.717) is 12.3 Å². The fourth-order valence-electron chi connectivity index (χ4n) is 1.93. The van der Waals surface area contributed by atoms with Crippen LogP contribution in [-0.4, -0.2) is 27.2 Å². The van der Waals surface area contributed by atoms with E-state index < -0.39 is 10.5 Å². The van der Waals surface area contributed by atoms with Crippen molar-refractivity contribution in [1.29, 1.82) is 0 Å². The summed E-state index contributed by atoms with van der Waals surface area (Å²) in [5.41, 5.74) is -1.13. The normalized spacial score (nSPS) is 14.2. The van der Waals surface area contributed by atoms with Gasteiger partial charge in [0.15, 0.2) is 0 Å². The molecule has 1 heterocycles.